The summed E-state index contributed by atoms with van der Waals surface area (Å²) in [5, 5.41) is 10.9. The summed E-state index contributed by atoms with van der Waals surface area (Å²) in [5.74, 6) is -0.0549. The minimum Gasteiger partial charge on any atom is -0.407 e. The lowest BCUT2D eigenvalue weighted by Crippen LogP contribution is -2.23. The number of rotatable bonds is 5. The molecule has 1 aromatic rings. The van der Waals surface area contributed by atoms with Gasteiger partial charge in [0.15, 0.2) is 6.23 Å². The summed E-state index contributed by atoms with van der Waals surface area (Å²) in [6.07, 6.45) is 1.52. The van der Waals surface area contributed by atoms with Gasteiger partial charge in [-0.25, -0.2) is 0 Å². The van der Waals surface area contributed by atoms with E-state index in [1.807, 2.05) is 24.3 Å². The van der Waals surface area contributed by atoms with Gasteiger partial charge in [-0.3, -0.25) is 0 Å². The highest BCUT2D eigenvalue weighted by molar-refractivity contribution is 5.67. The van der Waals surface area contributed by atoms with Gasteiger partial charge in [0.25, 0.3) is 0 Å². The molecule has 1 aromatic carbocycles. The Hall–Kier alpha value is -1.69. The van der Waals surface area contributed by atoms with Gasteiger partial charge in [0, 0.05) is 20.2 Å². The van der Waals surface area contributed by atoms with Gasteiger partial charge in [0.2, 0.25) is 0 Å². The minimum atomic E-state index is -0.815. The zero-order valence-electron chi connectivity index (χ0n) is 10.9. The molecule has 1 heterocycles. The largest absolute Gasteiger partial charge is 0.407 e. The first-order valence-corrected chi connectivity index (χ1v) is 5.99. The third-order valence-corrected chi connectivity index (χ3v) is 3.03. The number of hydroxylamine groups is 2. The van der Waals surface area contributed by atoms with Crippen LogP contribution in [-0.4, -0.2) is 36.8 Å². The van der Waals surface area contributed by atoms with Crippen LogP contribution >= 0.6 is 0 Å². The highest BCUT2D eigenvalue weighted by Gasteiger charge is 2.28. The van der Waals surface area contributed by atoms with Gasteiger partial charge in [0.05, 0.1) is 12.5 Å². The van der Waals surface area contributed by atoms with E-state index in [1.165, 1.54) is 11.1 Å². The van der Waals surface area contributed by atoms with E-state index in [2.05, 4.69) is 0 Å². The fourth-order valence-corrected chi connectivity index (χ4v) is 1.96. The van der Waals surface area contributed by atoms with Gasteiger partial charge < -0.3 is 19.5 Å². The molecule has 1 aliphatic rings. The summed E-state index contributed by atoms with van der Waals surface area (Å²) in [6.45, 7) is 0.534. The third-order valence-electron chi connectivity index (χ3n) is 3.03. The van der Waals surface area contributed by atoms with Crippen LogP contribution in [-0.2, 0) is 21.0 Å². The normalized spacial score (nSPS) is 20.8. The monoisotopic (exact) mass is 263 g/mol. The number of hydrogen-bond acceptors (Lipinski definition) is 5. The van der Waals surface area contributed by atoms with Crippen molar-refractivity contribution in [2.45, 2.75) is 18.8 Å². The van der Waals surface area contributed by atoms with Crippen molar-refractivity contribution in [1.82, 2.24) is 5.06 Å². The predicted molar refractivity (Wildman–Crippen MR) is 68.9 cm³/mol. The lowest BCUT2D eigenvalue weighted by Gasteiger charge is -2.16. The number of hydrogen-bond donors (Lipinski definition) is 1. The van der Waals surface area contributed by atoms with Crippen molar-refractivity contribution in [1.29, 1.82) is 0 Å². The lowest BCUT2D eigenvalue weighted by molar-refractivity contribution is -0.154. The Morgan fingerprint density at radius 1 is 1.47 bits per heavy atom. The highest BCUT2D eigenvalue weighted by atomic mass is 16.7. The van der Waals surface area contributed by atoms with Crippen LogP contribution in [0.1, 0.15) is 17.0 Å². The summed E-state index contributed by atoms with van der Waals surface area (Å²) in [7, 11) is 3.24. The molecule has 0 aliphatic carbocycles. The van der Waals surface area contributed by atoms with Crippen LogP contribution in [0.5, 0.6) is 0 Å². The van der Waals surface area contributed by atoms with Crippen LogP contribution in [0.4, 0.5) is 0 Å². The van der Waals surface area contributed by atoms with Crippen LogP contribution < -0.4 is 0 Å². The first-order chi connectivity index (χ1) is 9.15. The van der Waals surface area contributed by atoms with Crippen LogP contribution in [0.25, 0.3) is 0 Å². The molecule has 0 saturated carbocycles. The fourth-order valence-electron chi connectivity index (χ4n) is 1.96. The molecule has 2 rings (SSSR count). The quantitative estimate of drug-likeness (QED) is 0.809. The van der Waals surface area contributed by atoms with Crippen LogP contribution in [0.2, 0.25) is 0 Å². The van der Waals surface area contributed by atoms with Crippen LogP contribution in [0, 0.1) is 0 Å². The minimum absolute atomic E-state index is 0.449. The smallest absolute Gasteiger partial charge is 0.162 e. The molecule has 0 fully saturated rings. The Labute approximate surface area is 112 Å². The number of ether oxygens (including phenoxy) is 1. The molecule has 2 atom stereocenters. The van der Waals surface area contributed by atoms with Gasteiger partial charge in [-0.1, -0.05) is 24.3 Å². The van der Waals surface area contributed by atoms with Gasteiger partial charge >= 0.3 is 0 Å². The second-order valence-electron chi connectivity index (χ2n) is 4.41. The van der Waals surface area contributed by atoms with Crippen molar-refractivity contribution in [2.75, 3.05) is 14.2 Å². The number of methoxy groups -OCH3 is 1. The molecule has 5 heteroatoms. The number of carbonyl (C=O) groups is 1. The molecule has 0 bridgehead atoms. The molecular weight excluding hydrogens is 246 g/mol. The molecule has 102 valence electrons. The maximum Gasteiger partial charge on any atom is 0.162 e. The summed E-state index contributed by atoms with van der Waals surface area (Å²) in [5.41, 5.74) is 1.86. The summed E-state index contributed by atoms with van der Waals surface area (Å²) >= 11 is 0. The van der Waals surface area contributed by atoms with E-state index in [4.69, 9.17) is 9.57 Å². The zero-order valence-corrected chi connectivity index (χ0v) is 10.9. The zero-order chi connectivity index (χ0) is 13.8. The van der Waals surface area contributed by atoms with Crippen molar-refractivity contribution >= 4 is 6.29 Å². The number of benzene rings is 1. The van der Waals surface area contributed by atoms with Gasteiger partial charge in [-0.2, -0.15) is 0 Å². The van der Waals surface area contributed by atoms with E-state index in [0.717, 1.165) is 17.4 Å². The van der Waals surface area contributed by atoms with Crippen molar-refractivity contribution in [3.05, 3.63) is 47.2 Å². The first-order valence-electron chi connectivity index (χ1n) is 5.99. The van der Waals surface area contributed by atoms with E-state index in [0.29, 0.717) is 12.4 Å². The molecule has 5 nitrogen and oxygen atoms in total. The molecule has 1 aliphatic heterocycles. The Kier molecular flexibility index (Phi) is 4.31. The van der Waals surface area contributed by atoms with Crippen LogP contribution in [0.15, 0.2) is 36.1 Å². The molecule has 2 unspecified atom stereocenters. The van der Waals surface area contributed by atoms with E-state index in [9.17, 15) is 9.90 Å². The average Bonchev–Trinajstić information content (AvgIpc) is 2.73. The number of nitrogens with zero attached hydrogens (tertiary/aromatic N) is 1. The second kappa shape index (κ2) is 5.97. The van der Waals surface area contributed by atoms with E-state index < -0.39 is 12.1 Å². The predicted octanol–water partition coefficient (Wildman–Crippen LogP) is 1.19. The van der Waals surface area contributed by atoms with E-state index in [1.54, 1.807) is 14.2 Å². The van der Waals surface area contributed by atoms with Crippen molar-refractivity contribution in [3.63, 3.8) is 0 Å². The average molecular weight is 263 g/mol. The summed E-state index contributed by atoms with van der Waals surface area (Å²) < 4.78 is 5.04. The SMILES string of the molecule is COCc1ccc(C(C=O)C2=CC(O)N(C)O2)cc1. The van der Waals surface area contributed by atoms with E-state index >= 15 is 0 Å². The number of likely N-dealkylation sites (N-methyl/N-ethyl adjacent to an activating group) is 1. The Bertz CT molecular complexity index is 469. The maximum absolute atomic E-state index is 11.3. The molecule has 0 radical (unpaired) electrons. The number of aldehydes is 1. The Morgan fingerprint density at radius 3 is 2.63 bits per heavy atom. The number of allylic oxidation sites excluding steroid dienone is 1. The number of carbonyl (C=O) groups excluding carboxylic acids is 1. The van der Waals surface area contributed by atoms with Crippen LogP contribution in [0.3, 0.4) is 0 Å². The third kappa shape index (κ3) is 3.01. The summed E-state index contributed by atoms with van der Waals surface area (Å²) in [6, 6.07) is 7.54. The van der Waals surface area contributed by atoms with Crippen molar-refractivity contribution in [3.8, 4) is 0 Å². The maximum atomic E-state index is 11.3. The topological polar surface area (TPSA) is 59.0 Å². The van der Waals surface area contributed by atoms with Gasteiger partial charge in [-0.15, -0.1) is 5.06 Å². The highest BCUT2D eigenvalue weighted by Crippen LogP contribution is 2.28. The molecule has 0 saturated heterocycles. The summed E-state index contributed by atoms with van der Waals surface area (Å²) in [4.78, 5) is 16.6. The number of aliphatic hydroxyl groups excluding tert-OH is 1. The van der Waals surface area contributed by atoms with Gasteiger partial charge in [-0.05, 0) is 11.1 Å². The first kappa shape index (κ1) is 13.7. The number of aliphatic hydroxyl groups is 1. The van der Waals surface area contributed by atoms with Gasteiger partial charge in [0.1, 0.15) is 12.0 Å². The molecule has 19 heavy (non-hydrogen) atoms. The standard InChI is InChI=1S/C14H17NO4/c1-15-14(17)7-13(19-15)12(8-16)11-5-3-10(4-6-11)9-18-2/h3-8,12,14,17H,9H2,1-2H3. The molecule has 0 aromatic heterocycles. The molecule has 0 spiro atoms. The molecule has 1 N–H and O–H groups in total. The molecular formula is C14H17NO4. The fraction of sp³-hybridized carbons (Fsp3) is 0.357. The lowest BCUT2D eigenvalue weighted by atomic mass is 9.97. The Morgan fingerprint density at radius 2 is 2.16 bits per heavy atom. The Balaban J connectivity index is 2.18. The molecule has 0 amide bonds. The second-order valence-corrected chi connectivity index (χ2v) is 4.41. The van der Waals surface area contributed by atoms with Crippen molar-refractivity contribution in [2.24, 2.45) is 0 Å². The van der Waals surface area contributed by atoms with E-state index in [-0.39, 0.29) is 0 Å². The van der Waals surface area contributed by atoms with Crippen molar-refractivity contribution < 1.29 is 19.5 Å².